The number of carbonyl (C=O) groups excluding carboxylic acids is 6. The maximum Gasteiger partial charge on any atom is 0.362 e. The fraction of sp³-hybridized carbons (Fsp3) is 0.839. The van der Waals surface area contributed by atoms with Crippen molar-refractivity contribution in [2.45, 2.75) is 258 Å². The van der Waals surface area contributed by atoms with Crippen LogP contribution in [0.3, 0.4) is 0 Å². The molecule has 0 saturated carbocycles. The summed E-state index contributed by atoms with van der Waals surface area (Å²) in [6.45, 7) is 10.3. The molecule has 0 aliphatic heterocycles. The standard InChI is InChI=1S/C62H114N2O12/c1-9-11-13-33-41-57(75-61(69)53-63(5,6)47-51-71-55(3)65)43-35-27-21-15-17-23-29-37-45-59(67)73-49-39-31-25-19-20-26-32-40-50-74-60(68)46-38-30-24-18-16-22-28-36-44-58(42-34-14-12-10-2)76-62(70)54-64(7,8)48-52-72-56(4)66/h27-28,35-36,57-58H,9-26,29-34,37-54H2,1-8H3/q+2. The van der Waals surface area contributed by atoms with E-state index in [0.29, 0.717) is 48.1 Å². The fourth-order valence-electron chi connectivity index (χ4n) is 8.86. The van der Waals surface area contributed by atoms with Crippen LogP contribution < -0.4 is 0 Å². The molecule has 0 aliphatic carbocycles. The van der Waals surface area contributed by atoms with E-state index >= 15 is 0 Å². The van der Waals surface area contributed by atoms with E-state index in [1.165, 1.54) is 52.4 Å². The highest BCUT2D eigenvalue weighted by molar-refractivity contribution is 5.71. The number of hydrogen-bond acceptors (Lipinski definition) is 12. The molecule has 0 spiro atoms. The lowest BCUT2D eigenvalue weighted by atomic mass is 10.1. The van der Waals surface area contributed by atoms with Crippen molar-refractivity contribution >= 4 is 35.8 Å². The van der Waals surface area contributed by atoms with Gasteiger partial charge in [0.1, 0.15) is 38.5 Å². The first-order valence-electron chi connectivity index (χ1n) is 30.4. The monoisotopic (exact) mass is 1080 g/mol. The van der Waals surface area contributed by atoms with E-state index in [1.807, 2.05) is 28.2 Å². The van der Waals surface area contributed by atoms with Crippen LogP contribution in [0.5, 0.6) is 0 Å². The second-order valence-electron chi connectivity index (χ2n) is 22.5. The number of hydrogen-bond donors (Lipinski definition) is 0. The van der Waals surface area contributed by atoms with Crippen LogP contribution in [0.25, 0.3) is 0 Å². The van der Waals surface area contributed by atoms with E-state index in [9.17, 15) is 28.8 Å². The topological polar surface area (TPSA) is 158 Å². The van der Waals surface area contributed by atoms with Crippen LogP contribution >= 0.6 is 0 Å². The third-order valence-electron chi connectivity index (χ3n) is 13.7. The summed E-state index contributed by atoms with van der Waals surface area (Å²) in [5.74, 6) is -1.22. The molecule has 0 radical (unpaired) electrons. The van der Waals surface area contributed by atoms with Gasteiger partial charge in [-0.15, -0.1) is 0 Å². The Morgan fingerprint density at radius 2 is 0.697 bits per heavy atom. The van der Waals surface area contributed by atoms with Gasteiger partial charge in [0.25, 0.3) is 0 Å². The molecule has 0 amide bonds. The predicted molar refractivity (Wildman–Crippen MR) is 305 cm³/mol. The molecule has 14 heteroatoms. The SMILES string of the molecule is CCCCCCC(CC=CCCCCCCCC(=O)OCCCCCCCCCCOC(=O)CCCCCCCC=CCC(CCCCCC)OC(=O)C[N+](C)(C)CCOC(C)=O)OC(=O)C[N+](C)(C)CCOC(C)=O. The van der Waals surface area contributed by atoms with E-state index in [0.717, 1.165) is 167 Å². The molecule has 0 aromatic heterocycles. The average molecular weight is 1080 g/mol. The second kappa shape index (κ2) is 49.5. The van der Waals surface area contributed by atoms with E-state index in [4.69, 9.17) is 28.4 Å². The first-order valence-corrected chi connectivity index (χ1v) is 30.4. The van der Waals surface area contributed by atoms with Crippen LogP contribution in [-0.4, -0.2) is 138 Å². The molecule has 0 bridgehead atoms. The molecule has 0 N–H and O–H groups in total. The summed E-state index contributed by atoms with van der Waals surface area (Å²) >= 11 is 0. The van der Waals surface area contributed by atoms with Crippen molar-refractivity contribution in [2.75, 3.05) is 80.8 Å². The third-order valence-corrected chi connectivity index (χ3v) is 13.7. The number of esters is 6. The Morgan fingerprint density at radius 3 is 1.05 bits per heavy atom. The Kier molecular flexibility index (Phi) is 47.0. The molecule has 0 aromatic carbocycles. The Balaban J connectivity index is 3.89. The van der Waals surface area contributed by atoms with Crippen molar-refractivity contribution in [3.05, 3.63) is 24.3 Å². The highest BCUT2D eigenvalue weighted by Gasteiger charge is 2.25. The molecule has 0 heterocycles. The lowest BCUT2D eigenvalue weighted by Gasteiger charge is -2.29. The molecule has 0 fully saturated rings. The molecule has 2 unspecified atom stereocenters. The van der Waals surface area contributed by atoms with E-state index in [1.54, 1.807) is 0 Å². The Morgan fingerprint density at radius 1 is 0.368 bits per heavy atom. The lowest BCUT2D eigenvalue weighted by Crippen LogP contribution is -2.47. The highest BCUT2D eigenvalue weighted by atomic mass is 16.6. The molecule has 76 heavy (non-hydrogen) atoms. The van der Waals surface area contributed by atoms with E-state index in [2.05, 4.69) is 38.2 Å². The lowest BCUT2D eigenvalue weighted by molar-refractivity contribution is -0.883. The number of nitrogens with zero attached hydrogens (tertiary/aromatic N) is 2. The number of rotatable bonds is 53. The van der Waals surface area contributed by atoms with Gasteiger partial charge in [-0.3, -0.25) is 19.2 Å². The highest BCUT2D eigenvalue weighted by Crippen LogP contribution is 2.17. The Hall–Kier alpha value is -3.78. The summed E-state index contributed by atoms with van der Waals surface area (Å²) < 4.78 is 33.7. The zero-order valence-electron chi connectivity index (χ0n) is 50.0. The van der Waals surface area contributed by atoms with Gasteiger partial charge in [0.05, 0.1) is 41.4 Å². The van der Waals surface area contributed by atoms with Crippen molar-refractivity contribution in [2.24, 2.45) is 0 Å². The van der Waals surface area contributed by atoms with Gasteiger partial charge >= 0.3 is 35.8 Å². The van der Waals surface area contributed by atoms with Crippen LogP contribution in [0.15, 0.2) is 24.3 Å². The molecule has 0 aliphatic rings. The van der Waals surface area contributed by atoms with E-state index in [-0.39, 0.29) is 74.3 Å². The summed E-state index contributed by atoms with van der Waals surface area (Å²) in [6.07, 6.45) is 42.8. The van der Waals surface area contributed by atoms with Gasteiger partial charge in [-0.05, 0) is 77.0 Å². The normalized spacial score (nSPS) is 12.7. The van der Waals surface area contributed by atoms with Crippen LogP contribution in [0, 0.1) is 0 Å². The van der Waals surface area contributed by atoms with Crippen LogP contribution in [-0.2, 0) is 57.2 Å². The maximum atomic E-state index is 12.8. The molecule has 0 saturated heterocycles. The first-order chi connectivity index (χ1) is 36.5. The Bertz CT molecular complexity index is 1430. The molecule has 442 valence electrons. The van der Waals surface area contributed by atoms with Gasteiger partial charge in [-0.2, -0.15) is 0 Å². The van der Waals surface area contributed by atoms with Crippen molar-refractivity contribution in [1.29, 1.82) is 0 Å². The van der Waals surface area contributed by atoms with Gasteiger partial charge in [-0.25, -0.2) is 9.59 Å². The number of carbonyl (C=O) groups is 6. The minimum Gasteiger partial charge on any atom is -0.466 e. The van der Waals surface area contributed by atoms with Gasteiger partial charge in [-0.1, -0.05) is 154 Å². The van der Waals surface area contributed by atoms with Crippen molar-refractivity contribution < 1.29 is 66.2 Å². The fourth-order valence-corrected chi connectivity index (χ4v) is 8.86. The second-order valence-corrected chi connectivity index (χ2v) is 22.5. The molecular weight excluding hydrogens is 965 g/mol. The quantitative estimate of drug-likeness (QED) is 0.0187. The van der Waals surface area contributed by atoms with Crippen molar-refractivity contribution in [3.8, 4) is 0 Å². The molecule has 0 rings (SSSR count). The van der Waals surface area contributed by atoms with E-state index < -0.39 is 0 Å². The summed E-state index contributed by atoms with van der Waals surface area (Å²) in [4.78, 5) is 72.2. The van der Waals surface area contributed by atoms with Gasteiger partial charge in [0.2, 0.25) is 0 Å². The van der Waals surface area contributed by atoms with Gasteiger partial charge in [0, 0.05) is 39.5 Å². The number of quaternary nitrogens is 2. The summed E-state index contributed by atoms with van der Waals surface area (Å²) in [5.41, 5.74) is 0. The number of unbranched alkanes of at least 4 members (excludes halogenated alkanes) is 23. The van der Waals surface area contributed by atoms with Crippen molar-refractivity contribution in [3.63, 3.8) is 0 Å². The summed E-state index contributed by atoms with van der Waals surface area (Å²) in [7, 11) is 7.78. The molecule has 2 atom stereocenters. The van der Waals surface area contributed by atoms with Crippen LogP contribution in [0.1, 0.15) is 246 Å². The molecule has 0 aromatic rings. The zero-order chi connectivity index (χ0) is 56.4. The molecule has 14 nitrogen and oxygen atoms in total. The molecular formula is C62H114N2O12+2. The number of allylic oxidation sites excluding steroid dienone is 2. The number of ether oxygens (including phenoxy) is 6. The first kappa shape index (κ1) is 72.2. The minimum atomic E-state index is -0.314. The van der Waals surface area contributed by atoms with Crippen LogP contribution in [0.4, 0.5) is 0 Å². The zero-order valence-corrected chi connectivity index (χ0v) is 50.0. The third kappa shape index (κ3) is 51.0. The average Bonchev–Trinajstić information content (AvgIpc) is 3.34. The Labute approximate surface area is 463 Å². The number of likely N-dealkylation sites (N-methyl/N-ethyl adjacent to an activating group) is 2. The minimum absolute atomic E-state index is 0.0846. The van der Waals surface area contributed by atoms with Gasteiger partial charge < -0.3 is 37.4 Å². The maximum absolute atomic E-state index is 12.8. The van der Waals surface area contributed by atoms with Crippen molar-refractivity contribution in [1.82, 2.24) is 0 Å². The predicted octanol–water partition coefficient (Wildman–Crippen LogP) is 13.6. The smallest absolute Gasteiger partial charge is 0.362 e. The largest absolute Gasteiger partial charge is 0.466 e. The van der Waals surface area contributed by atoms with Crippen LogP contribution in [0.2, 0.25) is 0 Å². The summed E-state index contributed by atoms with van der Waals surface area (Å²) in [6, 6.07) is 0. The summed E-state index contributed by atoms with van der Waals surface area (Å²) in [5, 5.41) is 0. The van der Waals surface area contributed by atoms with Gasteiger partial charge in [0.15, 0.2) is 13.1 Å².